The van der Waals surface area contributed by atoms with E-state index < -0.39 is 9.84 Å². The highest BCUT2D eigenvalue weighted by Gasteiger charge is 2.02. The molecule has 0 saturated heterocycles. The molecule has 0 rings (SSSR count). The molecule has 0 aromatic heterocycles. The molecule has 0 aliphatic carbocycles. The van der Waals surface area contributed by atoms with Crippen LogP contribution in [0, 0.1) is 5.92 Å². The van der Waals surface area contributed by atoms with Crippen LogP contribution in [0.1, 0.15) is 20.3 Å². The summed E-state index contributed by atoms with van der Waals surface area (Å²) in [7, 11) is -3.02. The first-order valence-electron chi connectivity index (χ1n) is 3.95. The number of halogens is 1. The third-order valence-electron chi connectivity index (χ3n) is 1.32. The second-order valence-electron chi connectivity index (χ2n) is 3.45. The second kappa shape index (κ2) is 6.40. The standard InChI is InChI=1S/C8H17NO2S.ClH/c1-7(2)6-8(9)4-5-12(3,10)11;/h4-5,7-8H,6,9H2,1-3H3;1H/b5-4+;/t8-;/m1./s1. The van der Waals surface area contributed by atoms with Gasteiger partial charge in [-0.05, 0) is 12.3 Å². The number of nitrogens with two attached hydrogens (primary N) is 1. The maximum absolute atomic E-state index is 10.7. The Bertz CT molecular complexity index is 247. The average molecular weight is 228 g/mol. The van der Waals surface area contributed by atoms with Gasteiger partial charge < -0.3 is 5.73 Å². The minimum absolute atomic E-state index is 0. The zero-order valence-electron chi connectivity index (χ0n) is 8.23. The Morgan fingerprint density at radius 3 is 2.15 bits per heavy atom. The van der Waals surface area contributed by atoms with Gasteiger partial charge in [0.2, 0.25) is 0 Å². The molecule has 0 aromatic rings. The lowest BCUT2D eigenvalue weighted by molar-refractivity contribution is 0.546. The maximum Gasteiger partial charge on any atom is 0.168 e. The number of hydrogen-bond acceptors (Lipinski definition) is 3. The van der Waals surface area contributed by atoms with E-state index in [4.69, 9.17) is 5.73 Å². The van der Waals surface area contributed by atoms with E-state index in [0.29, 0.717) is 5.92 Å². The van der Waals surface area contributed by atoms with E-state index in [2.05, 4.69) is 0 Å². The van der Waals surface area contributed by atoms with E-state index in [1.54, 1.807) is 0 Å². The Morgan fingerprint density at radius 2 is 1.85 bits per heavy atom. The fourth-order valence-electron chi connectivity index (χ4n) is 0.867. The summed E-state index contributed by atoms with van der Waals surface area (Å²) < 4.78 is 21.4. The number of rotatable bonds is 4. The van der Waals surface area contributed by atoms with Crippen LogP contribution in [0.25, 0.3) is 0 Å². The molecule has 13 heavy (non-hydrogen) atoms. The van der Waals surface area contributed by atoms with Crippen LogP contribution in [-0.4, -0.2) is 20.7 Å². The van der Waals surface area contributed by atoms with Gasteiger partial charge in [0.1, 0.15) is 0 Å². The van der Waals surface area contributed by atoms with E-state index in [-0.39, 0.29) is 18.4 Å². The van der Waals surface area contributed by atoms with Gasteiger partial charge in [0.25, 0.3) is 0 Å². The van der Waals surface area contributed by atoms with E-state index in [1.807, 2.05) is 13.8 Å². The Balaban J connectivity index is 0. The zero-order chi connectivity index (χ0) is 9.78. The Hall–Kier alpha value is -0.0600. The molecule has 0 fully saturated rings. The monoisotopic (exact) mass is 227 g/mol. The number of sulfone groups is 1. The van der Waals surface area contributed by atoms with Gasteiger partial charge in [-0.3, -0.25) is 0 Å². The summed E-state index contributed by atoms with van der Waals surface area (Å²) in [5.74, 6) is 0.490. The van der Waals surface area contributed by atoms with Crippen molar-refractivity contribution < 1.29 is 8.42 Å². The molecule has 5 heteroatoms. The summed E-state index contributed by atoms with van der Waals surface area (Å²) in [6.07, 6.45) is 3.51. The molecule has 3 nitrogen and oxygen atoms in total. The Labute approximate surface area is 86.7 Å². The first-order chi connectivity index (χ1) is 5.31. The largest absolute Gasteiger partial charge is 0.324 e. The second-order valence-corrected chi connectivity index (χ2v) is 5.38. The van der Waals surface area contributed by atoms with E-state index in [0.717, 1.165) is 12.7 Å². The van der Waals surface area contributed by atoms with Gasteiger partial charge in [-0.1, -0.05) is 19.9 Å². The Morgan fingerprint density at radius 1 is 1.38 bits per heavy atom. The summed E-state index contributed by atoms with van der Waals surface area (Å²) in [5.41, 5.74) is 5.63. The molecule has 0 bridgehead atoms. The average Bonchev–Trinajstić information content (AvgIpc) is 1.80. The SMILES string of the molecule is CC(C)C[C@H](N)/C=C/S(C)(=O)=O.Cl. The smallest absolute Gasteiger partial charge is 0.168 e. The summed E-state index contributed by atoms with van der Waals surface area (Å²) in [6, 6.07) is -0.153. The molecule has 0 radical (unpaired) electrons. The number of hydrogen-bond donors (Lipinski definition) is 1. The van der Waals surface area contributed by atoms with Gasteiger partial charge in [-0.15, -0.1) is 12.4 Å². The lowest BCUT2D eigenvalue weighted by atomic mass is 10.1. The highest BCUT2D eigenvalue weighted by atomic mass is 35.5. The third kappa shape index (κ3) is 11.9. The van der Waals surface area contributed by atoms with Crippen molar-refractivity contribution in [3.8, 4) is 0 Å². The molecule has 80 valence electrons. The van der Waals surface area contributed by atoms with Crippen molar-refractivity contribution in [1.82, 2.24) is 0 Å². The van der Waals surface area contributed by atoms with E-state index in [9.17, 15) is 8.42 Å². The van der Waals surface area contributed by atoms with Crippen LogP contribution in [0.4, 0.5) is 0 Å². The highest BCUT2D eigenvalue weighted by molar-refractivity contribution is 7.93. The molecule has 2 N–H and O–H groups in total. The van der Waals surface area contributed by atoms with Crippen LogP contribution in [0.3, 0.4) is 0 Å². The molecule has 0 unspecified atom stereocenters. The molecule has 0 saturated carbocycles. The maximum atomic E-state index is 10.7. The zero-order valence-corrected chi connectivity index (χ0v) is 9.86. The van der Waals surface area contributed by atoms with E-state index in [1.165, 1.54) is 11.5 Å². The van der Waals surface area contributed by atoms with Crippen LogP contribution < -0.4 is 5.73 Å². The summed E-state index contributed by atoms with van der Waals surface area (Å²) in [5, 5.41) is 1.17. The van der Waals surface area contributed by atoms with Crippen LogP contribution in [0.15, 0.2) is 11.5 Å². The first-order valence-corrected chi connectivity index (χ1v) is 5.90. The predicted molar refractivity (Wildman–Crippen MR) is 58.7 cm³/mol. The summed E-state index contributed by atoms with van der Waals surface area (Å²) in [6.45, 7) is 4.10. The van der Waals surface area contributed by atoms with Crippen molar-refractivity contribution in [3.63, 3.8) is 0 Å². The van der Waals surface area contributed by atoms with Crippen molar-refractivity contribution in [2.75, 3.05) is 6.26 Å². The van der Waals surface area contributed by atoms with Gasteiger partial charge in [-0.25, -0.2) is 8.42 Å². The van der Waals surface area contributed by atoms with Crippen molar-refractivity contribution in [3.05, 3.63) is 11.5 Å². The first kappa shape index (κ1) is 15.4. The van der Waals surface area contributed by atoms with Gasteiger partial charge in [0.15, 0.2) is 9.84 Å². The molecule has 0 amide bonds. The van der Waals surface area contributed by atoms with E-state index >= 15 is 0 Å². The normalized spacial score (nSPS) is 14.5. The van der Waals surface area contributed by atoms with Crippen molar-refractivity contribution in [2.45, 2.75) is 26.3 Å². The van der Waals surface area contributed by atoms with Crippen molar-refractivity contribution in [2.24, 2.45) is 11.7 Å². The lowest BCUT2D eigenvalue weighted by Crippen LogP contribution is -2.19. The highest BCUT2D eigenvalue weighted by Crippen LogP contribution is 2.03. The van der Waals surface area contributed by atoms with Crippen LogP contribution in [-0.2, 0) is 9.84 Å². The molecule has 1 atom stereocenters. The molecule has 0 heterocycles. The third-order valence-corrected chi connectivity index (χ3v) is 1.97. The molecule has 0 aliphatic rings. The van der Waals surface area contributed by atoms with Gasteiger partial charge in [0, 0.05) is 17.7 Å². The summed E-state index contributed by atoms with van der Waals surface area (Å²) in [4.78, 5) is 0. The Kier molecular flexibility index (Phi) is 7.59. The van der Waals surface area contributed by atoms with Crippen LogP contribution in [0.2, 0.25) is 0 Å². The quantitative estimate of drug-likeness (QED) is 0.789. The van der Waals surface area contributed by atoms with Crippen molar-refractivity contribution >= 4 is 22.2 Å². The minimum Gasteiger partial charge on any atom is -0.324 e. The van der Waals surface area contributed by atoms with Crippen molar-refractivity contribution in [1.29, 1.82) is 0 Å². The summed E-state index contributed by atoms with van der Waals surface area (Å²) >= 11 is 0. The van der Waals surface area contributed by atoms with Crippen LogP contribution in [0.5, 0.6) is 0 Å². The lowest BCUT2D eigenvalue weighted by Gasteiger charge is -2.08. The van der Waals surface area contributed by atoms with Crippen LogP contribution >= 0.6 is 12.4 Å². The molecular weight excluding hydrogens is 210 g/mol. The predicted octanol–water partition coefficient (Wildman–Crippen LogP) is 1.34. The topological polar surface area (TPSA) is 60.2 Å². The molecule has 0 spiro atoms. The minimum atomic E-state index is -3.02. The molecular formula is C8H18ClNO2S. The van der Waals surface area contributed by atoms with Gasteiger partial charge >= 0.3 is 0 Å². The van der Waals surface area contributed by atoms with Gasteiger partial charge in [0.05, 0.1) is 0 Å². The van der Waals surface area contributed by atoms with Gasteiger partial charge in [-0.2, -0.15) is 0 Å². The fraction of sp³-hybridized carbons (Fsp3) is 0.750. The molecule has 0 aromatic carbocycles. The fourth-order valence-corrected chi connectivity index (χ4v) is 1.35. The molecule has 0 aliphatic heterocycles.